The van der Waals surface area contributed by atoms with Crippen LogP contribution in [0, 0.1) is 0 Å². The van der Waals surface area contributed by atoms with E-state index in [0.717, 1.165) is 5.56 Å². The summed E-state index contributed by atoms with van der Waals surface area (Å²) in [6.45, 7) is 0.768. The van der Waals surface area contributed by atoms with E-state index in [1.54, 1.807) is 6.26 Å². The molecule has 2 heterocycles. The zero-order valence-electron chi connectivity index (χ0n) is 11.5. The van der Waals surface area contributed by atoms with Crippen LogP contribution in [0.25, 0.3) is 11.5 Å². The smallest absolute Gasteiger partial charge is 0.237 e. The minimum atomic E-state index is -0.447. The number of amides is 1. The van der Waals surface area contributed by atoms with E-state index in [9.17, 15) is 9.90 Å². The molecule has 0 radical (unpaired) electrons. The fourth-order valence-electron chi connectivity index (χ4n) is 2.32. The molecule has 6 nitrogen and oxygen atoms in total. The lowest BCUT2D eigenvalue weighted by molar-refractivity contribution is -0.123. The number of hydrogen-bond acceptors (Lipinski definition) is 5. The molecule has 1 aromatic carbocycles. The monoisotopic (exact) mass is 287 g/mol. The van der Waals surface area contributed by atoms with Crippen molar-refractivity contribution < 1.29 is 14.3 Å². The van der Waals surface area contributed by atoms with Crippen molar-refractivity contribution in [3.05, 3.63) is 42.3 Å². The van der Waals surface area contributed by atoms with E-state index < -0.39 is 6.10 Å². The van der Waals surface area contributed by atoms with Gasteiger partial charge in [-0.25, -0.2) is 4.98 Å². The molecule has 1 aliphatic heterocycles. The Morgan fingerprint density at radius 1 is 1.43 bits per heavy atom. The maximum absolute atomic E-state index is 11.9. The number of aliphatic hydroxyl groups excluding tert-OH is 1. The first-order chi connectivity index (χ1) is 10.2. The van der Waals surface area contributed by atoms with Crippen LogP contribution in [0.2, 0.25) is 0 Å². The van der Waals surface area contributed by atoms with Crippen molar-refractivity contribution >= 4 is 5.91 Å². The lowest BCUT2D eigenvalue weighted by Gasteiger charge is -2.09. The molecule has 1 aliphatic rings. The SMILES string of the molecule is O=C(NCc1coc(-c2ccccc2)n1)C1CC(O)CN1. The van der Waals surface area contributed by atoms with E-state index in [1.807, 2.05) is 30.3 Å². The molecule has 2 atom stereocenters. The van der Waals surface area contributed by atoms with Crippen LogP contribution in [0.15, 0.2) is 41.0 Å². The Bertz CT molecular complexity index is 612. The Balaban J connectivity index is 1.57. The van der Waals surface area contributed by atoms with Crippen molar-refractivity contribution in [2.24, 2.45) is 0 Å². The van der Waals surface area contributed by atoms with Crippen molar-refractivity contribution in [1.82, 2.24) is 15.6 Å². The Morgan fingerprint density at radius 2 is 2.24 bits per heavy atom. The number of benzene rings is 1. The Morgan fingerprint density at radius 3 is 2.95 bits per heavy atom. The number of nitrogens with zero attached hydrogens (tertiary/aromatic N) is 1. The molecular formula is C15H17N3O3. The first-order valence-electron chi connectivity index (χ1n) is 6.91. The molecule has 0 bridgehead atoms. The van der Waals surface area contributed by atoms with Gasteiger partial charge in [0.25, 0.3) is 0 Å². The molecule has 1 saturated heterocycles. The highest BCUT2D eigenvalue weighted by Crippen LogP contribution is 2.17. The summed E-state index contributed by atoms with van der Waals surface area (Å²) < 4.78 is 5.41. The van der Waals surface area contributed by atoms with Crippen LogP contribution in [0.4, 0.5) is 0 Å². The number of aliphatic hydroxyl groups is 1. The maximum atomic E-state index is 11.9. The number of carbonyl (C=O) groups is 1. The molecule has 21 heavy (non-hydrogen) atoms. The van der Waals surface area contributed by atoms with Gasteiger partial charge in [-0.05, 0) is 18.6 Å². The zero-order valence-corrected chi connectivity index (χ0v) is 11.5. The van der Waals surface area contributed by atoms with Gasteiger partial charge in [0.2, 0.25) is 11.8 Å². The van der Waals surface area contributed by atoms with Gasteiger partial charge in [0, 0.05) is 12.1 Å². The molecule has 110 valence electrons. The Labute approximate surface area is 122 Å². The fourth-order valence-corrected chi connectivity index (χ4v) is 2.32. The van der Waals surface area contributed by atoms with Gasteiger partial charge < -0.3 is 20.2 Å². The predicted octanol–water partition coefficient (Wildman–Crippen LogP) is 0.681. The van der Waals surface area contributed by atoms with Gasteiger partial charge >= 0.3 is 0 Å². The standard InChI is InChI=1S/C15H17N3O3/c19-12-6-13(16-8-12)14(20)17-7-11-9-21-15(18-11)10-4-2-1-3-5-10/h1-5,9,12-13,16,19H,6-8H2,(H,17,20). The van der Waals surface area contributed by atoms with Crippen LogP contribution in [-0.4, -0.2) is 34.7 Å². The Hall–Kier alpha value is -2.18. The molecule has 0 saturated carbocycles. The number of carbonyl (C=O) groups excluding carboxylic acids is 1. The van der Waals surface area contributed by atoms with Crippen molar-refractivity contribution in [1.29, 1.82) is 0 Å². The Kier molecular flexibility index (Phi) is 3.98. The third kappa shape index (κ3) is 3.29. The lowest BCUT2D eigenvalue weighted by Crippen LogP contribution is -2.40. The molecule has 1 amide bonds. The summed E-state index contributed by atoms with van der Waals surface area (Å²) >= 11 is 0. The molecule has 2 aromatic rings. The number of aromatic nitrogens is 1. The van der Waals surface area contributed by atoms with Gasteiger partial charge in [-0.3, -0.25) is 4.79 Å². The zero-order chi connectivity index (χ0) is 14.7. The molecule has 1 aromatic heterocycles. The second kappa shape index (κ2) is 6.07. The summed E-state index contributed by atoms with van der Waals surface area (Å²) in [4.78, 5) is 16.2. The summed E-state index contributed by atoms with van der Waals surface area (Å²) in [6.07, 6.45) is 1.54. The number of hydrogen-bond donors (Lipinski definition) is 3. The molecule has 3 N–H and O–H groups in total. The fraction of sp³-hybridized carbons (Fsp3) is 0.333. The van der Waals surface area contributed by atoms with Gasteiger partial charge in [-0.2, -0.15) is 0 Å². The van der Waals surface area contributed by atoms with Crippen LogP contribution < -0.4 is 10.6 Å². The molecule has 3 rings (SSSR count). The molecular weight excluding hydrogens is 270 g/mol. The van der Waals surface area contributed by atoms with Crippen LogP contribution in [0.1, 0.15) is 12.1 Å². The lowest BCUT2D eigenvalue weighted by atomic mass is 10.2. The van der Waals surface area contributed by atoms with Crippen molar-refractivity contribution in [2.45, 2.75) is 25.1 Å². The van der Waals surface area contributed by atoms with Gasteiger partial charge in [-0.1, -0.05) is 18.2 Å². The van der Waals surface area contributed by atoms with E-state index in [-0.39, 0.29) is 11.9 Å². The minimum absolute atomic E-state index is 0.129. The van der Waals surface area contributed by atoms with E-state index in [2.05, 4.69) is 15.6 Å². The summed E-state index contributed by atoms with van der Waals surface area (Å²) in [7, 11) is 0. The van der Waals surface area contributed by atoms with Crippen molar-refractivity contribution in [2.75, 3.05) is 6.54 Å². The molecule has 6 heteroatoms. The predicted molar refractivity (Wildman–Crippen MR) is 76.2 cm³/mol. The summed E-state index contributed by atoms with van der Waals surface area (Å²) in [5, 5.41) is 15.2. The van der Waals surface area contributed by atoms with Crippen LogP contribution in [0.5, 0.6) is 0 Å². The highest BCUT2D eigenvalue weighted by molar-refractivity contribution is 5.82. The number of rotatable bonds is 4. The van der Waals surface area contributed by atoms with Crippen LogP contribution in [-0.2, 0) is 11.3 Å². The molecule has 2 unspecified atom stereocenters. The topological polar surface area (TPSA) is 87.4 Å². The van der Waals surface area contributed by atoms with E-state index in [1.165, 1.54) is 0 Å². The average Bonchev–Trinajstić information content (AvgIpc) is 3.15. The highest BCUT2D eigenvalue weighted by atomic mass is 16.3. The number of oxazole rings is 1. The third-order valence-corrected chi connectivity index (χ3v) is 3.44. The third-order valence-electron chi connectivity index (χ3n) is 3.44. The quantitative estimate of drug-likeness (QED) is 0.770. The largest absolute Gasteiger partial charge is 0.444 e. The summed E-state index contributed by atoms with van der Waals surface area (Å²) in [5.74, 6) is 0.407. The maximum Gasteiger partial charge on any atom is 0.237 e. The van der Waals surface area contributed by atoms with Gasteiger partial charge in [0.15, 0.2) is 0 Å². The van der Waals surface area contributed by atoms with Crippen molar-refractivity contribution in [3.63, 3.8) is 0 Å². The first-order valence-corrected chi connectivity index (χ1v) is 6.91. The van der Waals surface area contributed by atoms with Crippen molar-refractivity contribution in [3.8, 4) is 11.5 Å². The molecule has 0 aliphatic carbocycles. The first kappa shape index (κ1) is 13.8. The molecule has 1 fully saturated rings. The van der Waals surface area contributed by atoms with E-state index in [0.29, 0.717) is 31.1 Å². The summed E-state index contributed by atoms with van der Waals surface area (Å²) in [6, 6.07) is 9.25. The number of nitrogens with one attached hydrogen (secondary N) is 2. The van der Waals surface area contributed by atoms with E-state index >= 15 is 0 Å². The second-order valence-corrected chi connectivity index (χ2v) is 5.08. The molecule has 0 spiro atoms. The van der Waals surface area contributed by atoms with Crippen LogP contribution in [0.3, 0.4) is 0 Å². The average molecular weight is 287 g/mol. The van der Waals surface area contributed by atoms with E-state index in [4.69, 9.17) is 4.42 Å². The van der Waals surface area contributed by atoms with Gasteiger partial charge in [0.1, 0.15) is 6.26 Å². The highest BCUT2D eigenvalue weighted by Gasteiger charge is 2.27. The summed E-state index contributed by atoms with van der Waals surface area (Å²) in [5.41, 5.74) is 1.57. The minimum Gasteiger partial charge on any atom is -0.444 e. The number of β-amino-alcohol motifs (C(OH)–C–C–N with tert-alkyl or cyclic N) is 1. The van der Waals surface area contributed by atoms with Gasteiger partial charge in [0.05, 0.1) is 24.4 Å². The van der Waals surface area contributed by atoms with Crippen LogP contribution >= 0.6 is 0 Å². The second-order valence-electron chi connectivity index (χ2n) is 5.08. The van der Waals surface area contributed by atoms with Gasteiger partial charge in [-0.15, -0.1) is 0 Å². The normalized spacial score (nSPS) is 21.4.